The number of hydrogen-bond donors (Lipinski definition) is 0. The molecule has 4 aromatic rings. The van der Waals surface area contributed by atoms with Crippen molar-refractivity contribution in [2.45, 2.75) is 6.92 Å². The number of benzene rings is 1. The van der Waals surface area contributed by atoms with Crippen LogP contribution in [0.1, 0.15) is 17.3 Å². The third-order valence-corrected chi connectivity index (χ3v) is 4.46. The molecule has 5 nitrogen and oxygen atoms in total. The summed E-state index contributed by atoms with van der Waals surface area (Å²) in [7, 11) is 1.88. The van der Waals surface area contributed by atoms with Gasteiger partial charge in [0.05, 0.1) is 5.52 Å². The highest BCUT2D eigenvalue weighted by atomic mass is 32.1. The summed E-state index contributed by atoms with van der Waals surface area (Å²) in [6.45, 7) is 1.82. The first-order chi connectivity index (χ1) is 12.1. The van der Waals surface area contributed by atoms with E-state index in [1.807, 2.05) is 30.1 Å². The minimum absolute atomic E-state index is 0.305. The zero-order valence-electron chi connectivity index (χ0n) is 13.5. The minimum atomic E-state index is -0.305. The van der Waals surface area contributed by atoms with Crippen LogP contribution in [0.3, 0.4) is 0 Å². The Morgan fingerprint density at radius 2 is 2.04 bits per heavy atom. The van der Waals surface area contributed by atoms with Crippen molar-refractivity contribution in [3.8, 4) is 22.5 Å². The van der Waals surface area contributed by atoms with Gasteiger partial charge in [0.15, 0.2) is 5.82 Å². The van der Waals surface area contributed by atoms with Crippen LogP contribution in [0, 0.1) is 24.6 Å². The summed E-state index contributed by atoms with van der Waals surface area (Å²) < 4.78 is 15.2. The second kappa shape index (κ2) is 6.07. The van der Waals surface area contributed by atoms with Crippen LogP contribution >= 0.6 is 11.3 Å². The van der Waals surface area contributed by atoms with Gasteiger partial charge in [-0.1, -0.05) is 0 Å². The predicted molar refractivity (Wildman–Crippen MR) is 94.5 cm³/mol. The molecule has 0 bridgehead atoms. The summed E-state index contributed by atoms with van der Waals surface area (Å²) in [6, 6.07) is 4.44. The number of fused-ring (bicyclic) bond motifs is 1. The molecule has 0 amide bonds. The Hall–Kier alpha value is -3.11. The van der Waals surface area contributed by atoms with Gasteiger partial charge in [-0.25, -0.2) is 24.3 Å². The molecular weight excluding hydrogens is 337 g/mol. The number of hydrogen-bond acceptors (Lipinski definition) is 5. The van der Waals surface area contributed by atoms with Crippen LogP contribution in [-0.4, -0.2) is 24.5 Å². The molecule has 0 unspecified atom stereocenters. The summed E-state index contributed by atoms with van der Waals surface area (Å²) >= 11 is 1.53. The lowest BCUT2D eigenvalue weighted by Gasteiger charge is -2.01. The number of rotatable bonds is 1. The van der Waals surface area contributed by atoms with Gasteiger partial charge in [0.2, 0.25) is 5.82 Å². The van der Waals surface area contributed by atoms with Gasteiger partial charge in [0, 0.05) is 35.9 Å². The summed E-state index contributed by atoms with van der Waals surface area (Å²) in [5.74, 6) is 6.62. The second-order valence-electron chi connectivity index (χ2n) is 5.44. The van der Waals surface area contributed by atoms with E-state index in [4.69, 9.17) is 0 Å². The normalized spacial score (nSPS) is 10.7. The highest BCUT2D eigenvalue weighted by Crippen LogP contribution is 2.20. The molecule has 0 aliphatic rings. The summed E-state index contributed by atoms with van der Waals surface area (Å²) in [4.78, 5) is 17.5. The smallest absolute Gasteiger partial charge is 0.206 e. The summed E-state index contributed by atoms with van der Waals surface area (Å²) in [5, 5.41) is 3.45. The molecule has 25 heavy (non-hydrogen) atoms. The molecule has 0 saturated carbocycles. The van der Waals surface area contributed by atoms with Gasteiger partial charge in [-0.3, -0.25) is 0 Å². The van der Waals surface area contributed by atoms with Crippen LogP contribution in [-0.2, 0) is 7.05 Å². The number of halogens is 1. The fourth-order valence-corrected chi connectivity index (χ4v) is 3.05. The third kappa shape index (κ3) is 2.99. The number of aromatic nitrogens is 5. The van der Waals surface area contributed by atoms with Gasteiger partial charge in [-0.2, -0.15) is 0 Å². The molecule has 0 saturated heterocycles. The Kier molecular flexibility index (Phi) is 3.75. The van der Waals surface area contributed by atoms with Gasteiger partial charge < -0.3 is 4.57 Å². The highest BCUT2D eigenvalue weighted by Gasteiger charge is 2.08. The quantitative estimate of drug-likeness (QED) is 0.495. The number of thiazole rings is 1. The van der Waals surface area contributed by atoms with Gasteiger partial charge in [-0.15, -0.1) is 11.3 Å². The first-order valence-corrected chi connectivity index (χ1v) is 8.37. The van der Waals surface area contributed by atoms with Gasteiger partial charge in [0.25, 0.3) is 0 Å². The van der Waals surface area contributed by atoms with E-state index in [0.717, 1.165) is 10.7 Å². The zero-order chi connectivity index (χ0) is 17.4. The zero-order valence-corrected chi connectivity index (χ0v) is 14.3. The fourth-order valence-electron chi connectivity index (χ4n) is 2.46. The van der Waals surface area contributed by atoms with Gasteiger partial charge in [0.1, 0.15) is 16.5 Å². The van der Waals surface area contributed by atoms with Crippen LogP contribution in [0.2, 0.25) is 0 Å². The molecule has 7 heteroatoms. The molecule has 0 aliphatic carbocycles. The van der Waals surface area contributed by atoms with E-state index in [1.165, 1.54) is 23.5 Å². The molecule has 0 fully saturated rings. The molecule has 0 radical (unpaired) electrons. The SMILES string of the molecule is Cc1nc(C#Cc2nc(-c3nccs3)cn2C)nc2ccc(F)cc12. The van der Waals surface area contributed by atoms with Crippen molar-refractivity contribution in [3.05, 3.63) is 59.1 Å². The molecule has 1 aromatic carbocycles. The maximum atomic E-state index is 13.4. The van der Waals surface area contributed by atoms with Crippen molar-refractivity contribution in [1.29, 1.82) is 0 Å². The fraction of sp³-hybridized carbons (Fsp3) is 0.111. The third-order valence-electron chi connectivity index (χ3n) is 3.66. The summed E-state index contributed by atoms with van der Waals surface area (Å²) in [6.07, 6.45) is 3.63. The van der Waals surface area contributed by atoms with E-state index in [2.05, 4.69) is 31.8 Å². The van der Waals surface area contributed by atoms with Crippen molar-refractivity contribution in [3.63, 3.8) is 0 Å². The minimum Gasteiger partial charge on any atom is -0.327 e. The first kappa shape index (κ1) is 15.4. The van der Waals surface area contributed by atoms with E-state index < -0.39 is 0 Å². The van der Waals surface area contributed by atoms with Crippen LogP contribution in [0.25, 0.3) is 21.6 Å². The van der Waals surface area contributed by atoms with Gasteiger partial charge in [-0.05, 0) is 37.0 Å². The van der Waals surface area contributed by atoms with E-state index in [9.17, 15) is 4.39 Å². The Bertz CT molecular complexity index is 1140. The van der Waals surface area contributed by atoms with Crippen LogP contribution in [0.15, 0.2) is 36.0 Å². The van der Waals surface area contributed by atoms with Crippen molar-refractivity contribution >= 4 is 22.2 Å². The summed E-state index contributed by atoms with van der Waals surface area (Å²) in [5.41, 5.74) is 2.14. The van der Waals surface area contributed by atoms with Crippen LogP contribution in [0.5, 0.6) is 0 Å². The predicted octanol–water partition coefficient (Wildman–Crippen LogP) is 3.33. The number of nitrogens with zero attached hydrogens (tertiary/aromatic N) is 5. The molecule has 122 valence electrons. The van der Waals surface area contributed by atoms with Crippen molar-refractivity contribution in [2.24, 2.45) is 7.05 Å². The van der Waals surface area contributed by atoms with Crippen LogP contribution < -0.4 is 0 Å². The van der Waals surface area contributed by atoms with Gasteiger partial charge >= 0.3 is 0 Å². The monoisotopic (exact) mass is 349 g/mol. The first-order valence-electron chi connectivity index (χ1n) is 7.49. The van der Waals surface area contributed by atoms with E-state index in [0.29, 0.717) is 28.2 Å². The Balaban J connectivity index is 1.72. The Morgan fingerprint density at radius 1 is 1.16 bits per heavy atom. The van der Waals surface area contributed by atoms with Crippen LogP contribution in [0.4, 0.5) is 4.39 Å². The van der Waals surface area contributed by atoms with Crippen molar-refractivity contribution in [1.82, 2.24) is 24.5 Å². The Labute approximate surface area is 147 Å². The second-order valence-corrected chi connectivity index (χ2v) is 6.34. The lowest BCUT2D eigenvalue weighted by Crippen LogP contribution is -1.96. The highest BCUT2D eigenvalue weighted by molar-refractivity contribution is 7.13. The number of imidazole rings is 1. The average Bonchev–Trinajstić information content (AvgIpc) is 3.23. The van der Waals surface area contributed by atoms with Crippen molar-refractivity contribution in [2.75, 3.05) is 0 Å². The molecule has 3 aromatic heterocycles. The maximum absolute atomic E-state index is 13.4. The maximum Gasteiger partial charge on any atom is 0.206 e. The molecular formula is C18H12FN5S. The van der Waals surface area contributed by atoms with E-state index in [1.54, 1.807) is 12.3 Å². The lowest BCUT2D eigenvalue weighted by molar-refractivity contribution is 0.629. The Morgan fingerprint density at radius 3 is 2.84 bits per heavy atom. The van der Waals surface area contributed by atoms with E-state index in [-0.39, 0.29) is 5.82 Å². The lowest BCUT2D eigenvalue weighted by atomic mass is 10.2. The average molecular weight is 349 g/mol. The molecule has 0 spiro atoms. The molecule has 0 atom stereocenters. The molecule has 0 N–H and O–H groups in total. The van der Waals surface area contributed by atoms with E-state index >= 15 is 0 Å². The molecule has 0 aliphatic heterocycles. The molecule has 4 rings (SSSR count). The number of aryl methyl sites for hydroxylation is 2. The topological polar surface area (TPSA) is 56.5 Å². The molecule has 3 heterocycles. The van der Waals surface area contributed by atoms with Crippen molar-refractivity contribution < 1.29 is 4.39 Å². The standard InChI is InChI=1S/C18H12FN5S/c1-11-13-9-12(19)3-4-14(13)22-16(21-11)5-6-17-23-15(10-24(17)2)18-20-7-8-25-18/h3-4,7-10H,1-2H3. The largest absolute Gasteiger partial charge is 0.327 e.